The number of carbonyl (C=O) groups is 2. The molecule has 0 atom stereocenters. The topological polar surface area (TPSA) is 49.4 Å². The monoisotopic (exact) mass is 192 g/mol. The van der Waals surface area contributed by atoms with Gasteiger partial charge in [0.05, 0.1) is 0 Å². The predicted molar refractivity (Wildman–Crippen MR) is 53.9 cm³/mol. The second-order valence-electron chi connectivity index (χ2n) is 2.78. The molecule has 1 aromatic carbocycles. The van der Waals surface area contributed by atoms with Gasteiger partial charge in [-0.1, -0.05) is 18.2 Å². The summed E-state index contributed by atoms with van der Waals surface area (Å²) < 4.78 is 0. The summed E-state index contributed by atoms with van der Waals surface area (Å²) in [5.74, 6) is -1.19. The van der Waals surface area contributed by atoms with Crippen LogP contribution in [0.5, 0.6) is 0 Å². The fourth-order valence-electron chi connectivity index (χ4n) is 1.03. The summed E-state index contributed by atoms with van der Waals surface area (Å²) in [6.07, 6.45) is 0. The molecule has 1 aromatic rings. The number of amides is 2. The third-order valence-electron chi connectivity index (χ3n) is 1.87. The highest BCUT2D eigenvalue weighted by Crippen LogP contribution is 2.10. The molecule has 0 aliphatic rings. The molecule has 74 valence electrons. The van der Waals surface area contributed by atoms with E-state index in [4.69, 9.17) is 0 Å². The lowest BCUT2D eigenvalue weighted by Crippen LogP contribution is -2.39. The van der Waals surface area contributed by atoms with Gasteiger partial charge in [0.15, 0.2) is 0 Å². The summed E-state index contributed by atoms with van der Waals surface area (Å²) in [5.41, 5.74) is 0.695. The number of anilines is 1. The van der Waals surface area contributed by atoms with Gasteiger partial charge in [-0.3, -0.25) is 9.59 Å². The van der Waals surface area contributed by atoms with Gasteiger partial charge >= 0.3 is 11.8 Å². The van der Waals surface area contributed by atoms with E-state index in [2.05, 4.69) is 5.32 Å². The molecule has 0 radical (unpaired) electrons. The van der Waals surface area contributed by atoms with Crippen LogP contribution in [0.2, 0.25) is 0 Å². The zero-order chi connectivity index (χ0) is 10.6. The van der Waals surface area contributed by atoms with E-state index in [1.807, 2.05) is 18.2 Å². The molecule has 0 spiro atoms. The minimum absolute atomic E-state index is 0.571. The first-order chi connectivity index (χ1) is 6.66. The van der Waals surface area contributed by atoms with Crippen LogP contribution in [0, 0.1) is 0 Å². The number of hydrogen-bond acceptors (Lipinski definition) is 2. The smallest absolute Gasteiger partial charge is 0.316 e. The van der Waals surface area contributed by atoms with E-state index in [0.717, 1.165) is 0 Å². The standard InChI is InChI=1S/C10H12N2O2/c1-11-9(13)10(14)12(2)8-6-4-3-5-7-8/h3-7H,1-2H3,(H,11,13). The minimum Gasteiger partial charge on any atom is -0.351 e. The van der Waals surface area contributed by atoms with Crippen LogP contribution < -0.4 is 10.2 Å². The summed E-state index contributed by atoms with van der Waals surface area (Å²) in [6, 6.07) is 9.00. The first-order valence-corrected chi connectivity index (χ1v) is 4.21. The normalized spacial score (nSPS) is 9.29. The highest BCUT2D eigenvalue weighted by molar-refractivity contribution is 6.40. The van der Waals surface area contributed by atoms with Crippen molar-refractivity contribution < 1.29 is 9.59 Å². The van der Waals surface area contributed by atoms with Gasteiger partial charge in [0.25, 0.3) is 0 Å². The number of carbonyl (C=O) groups excluding carboxylic acids is 2. The van der Waals surface area contributed by atoms with Crippen molar-refractivity contribution in [3.63, 3.8) is 0 Å². The van der Waals surface area contributed by atoms with E-state index in [1.165, 1.54) is 11.9 Å². The van der Waals surface area contributed by atoms with E-state index < -0.39 is 11.8 Å². The molecule has 0 aliphatic heterocycles. The molecule has 14 heavy (non-hydrogen) atoms. The summed E-state index contributed by atoms with van der Waals surface area (Å²) in [4.78, 5) is 23.7. The van der Waals surface area contributed by atoms with Crippen LogP contribution in [-0.2, 0) is 9.59 Å². The number of benzene rings is 1. The highest BCUT2D eigenvalue weighted by Gasteiger charge is 2.17. The fraction of sp³-hybridized carbons (Fsp3) is 0.200. The number of likely N-dealkylation sites (N-methyl/N-ethyl adjacent to an activating group) is 2. The third-order valence-corrected chi connectivity index (χ3v) is 1.87. The van der Waals surface area contributed by atoms with Crippen LogP contribution in [0.3, 0.4) is 0 Å². The Labute approximate surface area is 82.5 Å². The first kappa shape index (κ1) is 10.2. The summed E-state index contributed by atoms with van der Waals surface area (Å²) in [6.45, 7) is 0. The van der Waals surface area contributed by atoms with Gasteiger partial charge in [-0.05, 0) is 12.1 Å². The molecule has 0 aliphatic carbocycles. The quantitative estimate of drug-likeness (QED) is 0.654. The van der Waals surface area contributed by atoms with Crippen molar-refractivity contribution in [2.75, 3.05) is 19.0 Å². The van der Waals surface area contributed by atoms with E-state index >= 15 is 0 Å². The molecule has 0 aromatic heterocycles. The molecule has 0 saturated heterocycles. The molecule has 0 unspecified atom stereocenters. The Balaban J connectivity index is 2.81. The molecule has 1 N–H and O–H groups in total. The molecule has 4 nitrogen and oxygen atoms in total. The Hall–Kier alpha value is -1.84. The van der Waals surface area contributed by atoms with Gasteiger partial charge in [0, 0.05) is 19.8 Å². The zero-order valence-electron chi connectivity index (χ0n) is 8.15. The Morgan fingerprint density at radius 2 is 1.79 bits per heavy atom. The maximum atomic E-state index is 11.4. The van der Waals surface area contributed by atoms with Gasteiger partial charge in [-0.2, -0.15) is 0 Å². The molecule has 1 rings (SSSR count). The van der Waals surface area contributed by atoms with E-state index in [9.17, 15) is 9.59 Å². The molecular weight excluding hydrogens is 180 g/mol. The van der Waals surface area contributed by atoms with Crippen molar-refractivity contribution in [3.8, 4) is 0 Å². The molecule has 4 heteroatoms. The lowest BCUT2D eigenvalue weighted by atomic mass is 10.3. The summed E-state index contributed by atoms with van der Waals surface area (Å²) in [7, 11) is 2.99. The number of rotatable bonds is 1. The van der Waals surface area contributed by atoms with Crippen LogP contribution in [0.15, 0.2) is 30.3 Å². The Morgan fingerprint density at radius 1 is 1.21 bits per heavy atom. The summed E-state index contributed by atoms with van der Waals surface area (Å²) >= 11 is 0. The Kier molecular flexibility index (Phi) is 3.23. The Bertz CT molecular complexity index is 335. The van der Waals surface area contributed by atoms with E-state index in [1.54, 1.807) is 19.2 Å². The van der Waals surface area contributed by atoms with E-state index in [-0.39, 0.29) is 0 Å². The summed E-state index contributed by atoms with van der Waals surface area (Å²) in [5, 5.41) is 2.29. The SMILES string of the molecule is CNC(=O)C(=O)N(C)c1ccccc1. The third kappa shape index (κ3) is 2.10. The van der Waals surface area contributed by atoms with Crippen molar-refractivity contribution >= 4 is 17.5 Å². The maximum Gasteiger partial charge on any atom is 0.316 e. The van der Waals surface area contributed by atoms with Gasteiger partial charge in [0.1, 0.15) is 0 Å². The van der Waals surface area contributed by atoms with E-state index in [0.29, 0.717) is 5.69 Å². The number of nitrogens with one attached hydrogen (secondary N) is 1. The maximum absolute atomic E-state index is 11.4. The number of para-hydroxylation sites is 1. The number of nitrogens with zero attached hydrogens (tertiary/aromatic N) is 1. The number of hydrogen-bond donors (Lipinski definition) is 1. The lowest BCUT2D eigenvalue weighted by molar-refractivity contribution is -0.137. The van der Waals surface area contributed by atoms with Crippen LogP contribution >= 0.6 is 0 Å². The molecule has 0 heterocycles. The van der Waals surface area contributed by atoms with Gasteiger partial charge in [0.2, 0.25) is 0 Å². The van der Waals surface area contributed by atoms with Crippen LogP contribution in [0.25, 0.3) is 0 Å². The molecule has 0 fully saturated rings. The molecule has 2 amide bonds. The highest BCUT2D eigenvalue weighted by atomic mass is 16.2. The van der Waals surface area contributed by atoms with Gasteiger partial charge in [-0.15, -0.1) is 0 Å². The molecule has 0 bridgehead atoms. The van der Waals surface area contributed by atoms with Gasteiger partial charge < -0.3 is 10.2 Å². The second kappa shape index (κ2) is 4.41. The molecular formula is C10H12N2O2. The molecule has 0 saturated carbocycles. The van der Waals surface area contributed by atoms with Crippen molar-refractivity contribution in [1.29, 1.82) is 0 Å². The average Bonchev–Trinajstić information content (AvgIpc) is 2.27. The lowest BCUT2D eigenvalue weighted by Gasteiger charge is -2.15. The first-order valence-electron chi connectivity index (χ1n) is 4.21. The predicted octanol–water partition coefficient (Wildman–Crippen LogP) is 0.395. The van der Waals surface area contributed by atoms with Crippen molar-refractivity contribution in [2.24, 2.45) is 0 Å². The zero-order valence-corrected chi connectivity index (χ0v) is 8.15. The largest absolute Gasteiger partial charge is 0.351 e. The minimum atomic E-state index is -0.614. The van der Waals surface area contributed by atoms with Gasteiger partial charge in [-0.25, -0.2) is 0 Å². The Morgan fingerprint density at radius 3 is 2.29 bits per heavy atom. The van der Waals surface area contributed by atoms with Crippen molar-refractivity contribution in [1.82, 2.24) is 5.32 Å². The van der Waals surface area contributed by atoms with Crippen LogP contribution in [0.4, 0.5) is 5.69 Å². The average molecular weight is 192 g/mol. The fourth-order valence-corrected chi connectivity index (χ4v) is 1.03. The van der Waals surface area contributed by atoms with Crippen molar-refractivity contribution in [2.45, 2.75) is 0 Å². The van der Waals surface area contributed by atoms with Crippen LogP contribution in [0.1, 0.15) is 0 Å². The van der Waals surface area contributed by atoms with Crippen LogP contribution in [-0.4, -0.2) is 25.9 Å². The second-order valence-corrected chi connectivity index (χ2v) is 2.78. The van der Waals surface area contributed by atoms with Crippen molar-refractivity contribution in [3.05, 3.63) is 30.3 Å².